The summed E-state index contributed by atoms with van der Waals surface area (Å²) in [5.41, 5.74) is 0. The number of urea groups is 1. The number of carbonyl (C=O) groups is 1. The molecule has 19 heavy (non-hydrogen) atoms. The Bertz CT molecular complexity index is 258. The van der Waals surface area contributed by atoms with Crippen LogP contribution in [0.5, 0.6) is 0 Å². The molecule has 0 heterocycles. The average molecular weight is 288 g/mol. The minimum atomic E-state index is -0.0919. The summed E-state index contributed by atoms with van der Waals surface area (Å²) >= 11 is 1.68. The second-order valence-electron chi connectivity index (χ2n) is 5.66. The maximum Gasteiger partial charge on any atom is 0.315 e. The van der Waals surface area contributed by atoms with Gasteiger partial charge in [0, 0.05) is 24.9 Å². The second-order valence-corrected chi connectivity index (χ2v) is 6.57. The van der Waals surface area contributed by atoms with Crippen molar-refractivity contribution < 1.29 is 9.90 Å². The van der Waals surface area contributed by atoms with Gasteiger partial charge in [-0.3, -0.25) is 0 Å². The summed E-state index contributed by atoms with van der Waals surface area (Å²) in [6.45, 7) is 3.19. The summed E-state index contributed by atoms with van der Waals surface area (Å²) in [5, 5.41) is 14.9. The fourth-order valence-corrected chi connectivity index (χ4v) is 3.43. The Morgan fingerprint density at radius 2 is 2.26 bits per heavy atom. The molecule has 1 aliphatic rings. The quantitative estimate of drug-likeness (QED) is 0.673. The molecule has 3 unspecified atom stereocenters. The van der Waals surface area contributed by atoms with E-state index in [1.807, 2.05) is 6.26 Å². The number of rotatable bonds is 7. The number of amides is 2. The topological polar surface area (TPSA) is 61.4 Å². The molecule has 0 aromatic carbocycles. The molecule has 1 saturated carbocycles. The monoisotopic (exact) mass is 288 g/mol. The van der Waals surface area contributed by atoms with Crippen LogP contribution in [-0.2, 0) is 0 Å². The Kier molecular flexibility index (Phi) is 8.30. The Labute approximate surface area is 121 Å². The van der Waals surface area contributed by atoms with Gasteiger partial charge >= 0.3 is 6.03 Å². The van der Waals surface area contributed by atoms with Crippen molar-refractivity contribution in [1.29, 1.82) is 0 Å². The predicted octanol–water partition coefficient (Wildman–Crippen LogP) is 2.23. The molecule has 0 aromatic rings. The highest BCUT2D eigenvalue weighted by atomic mass is 32.2. The highest BCUT2D eigenvalue weighted by molar-refractivity contribution is 7.98. The van der Waals surface area contributed by atoms with Crippen LogP contribution in [0.2, 0.25) is 0 Å². The zero-order valence-corrected chi connectivity index (χ0v) is 13.0. The molecule has 3 N–H and O–H groups in total. The molecule has 1 fully saturated rings. The van der Waals surface area contributed by atoms with Gasteiger partial charge < -0.3 is 15.7 Å². The van der Waals surface area contributed by atoms with E-state index in [1.54, 1.807) is 11.8 Å². The molecular weight excluding hydrogens is 260 g/mol. The molecule has 5 heteroatoms. The minimum absolute atomic E-state index is 0.0604. The summed E-state index contributed by atoms with van der Waals surface area (Å²) in [7, 11) is 0. The molecule has 1 aliphatic carbocycles. The van der Waals surface area contributed by atoms with Crippen LogP contribution >= 0.6 is 11.8 Å². The Balaban J connectivity index is 2.22. The third-order valence-electron chi connectivity index (χ3n) is 3.78. The fraction of sp³-hybridized carbons (Fsp3) is 0.929. The predicted molar refractivity (Wildman–Crippen MR) is 81.5 cm³/mol. The van der Waals surface area contributed by atoms with Gasteiger partial charge in [-0.2, -0.15) is 11.8 Å². The van der Waals surface area contributed by atoms with Gasteiger partial charge in [0.25, 0.3) is 0 Å². The lowest BCUT2D eigenvalue weighted by Gasteiger charge is -2.27. The number of hydrogen-bond acceptors (Lipinski definition) is 3. The molecular formula is C14H28N2O2S. The van der Waals surface area contributed by atoms with Crippen molar-refractivity contribution in [3.05, 3.63) is 0 Å². The van der Waals surface area contributed by atoms with Crippen LogP contribution in [0.15, 0.2) is 0 Å². The first-order chi connectivity index (χ1) is 9.15. The number of aliphatic hydroxyl groups is 1. The Hall–Kier alpha value is -0.420. The molecule has 0 saturated heterocycles. The smallest absolute Gasteiger partial charge is 0.315 e. The summed E-state index contributed by atoms with van der Waals surface area (Å²) in [4.78, 5) is 11.8. The average Bonchev–Trinajstić information content (AvgIpc) is 2.37. The van der Waals surface area contributed by atoms with E-state index >= 15 is 0 Å². The summed E-state index contributed by atoms with van der Waals surface area (Å²) in [6.07, 6.45) is 7.70. The molecule has 3 atom stereocenters. The highest BCUT2D eigenvalue weighted by Crippen LogP contribution is 2.27. The SMILES string of the molecule is CSCC(CCO)NC(=O)NCC1CCCC(C)C1. The molecule has 0 spiro atoms. The van der Waals surface area contributed by atoms with Crippen molar-refractivity contribution in [3.8, 4) is 0 Å². The largest absolute Gasteiger partial charge is 0.396 e. The molecule has 0 aromatic heterocycles. The standard InChI is InChI=1S/C14H28N2O2S/c1-11-4-3-5-12(8-11)9-15-14(18)16-13(6-7-17)10-19-2/h11-13,17H,3-10H2,1-2H3,(H2,15,16,18). The number of aliphatic hydroxyl groups excluding tert-OH is 1. The molecule has 4 nitrogen and oxygen atoms in total. The molecule has 1 rings (SSSR count). The first-order valence-corrected chi connectivity index (χ1v) is 8.69. The Morgan fingerprint density at radius 3 is 2.89 bits per heavy atom. The highest BCUT2D eigenvalue weighted by Gasteiger charge is 2.19. The maximum atomic E-state index is 11.8. The van der Waals surface area contributed by atoms with Crippen LogP contribution in [0.3, 0.4) is 0 Å². The lowest BCUT2D eigenvalue weighted by Crippen LogP contribution is -2.45. The van der Waals surface area contributed by atoms with Crippen molar-refractivity contribution in [2.75, 3.05) is 25.2 Å². The molecule has 2 amide bonds. The van der Waals surface area contributed by atoms with Gasteiger partial charge in [0.05, 0.1) is 0 Å². The minimum Gasteiger partial charge on any atom is -0.396 e. The fourth-order valence-electron chi connectivity index (χ4n) is 2.77. The van der Waals surface area contributed by atoms with Gasteiger partial charge in [-0.05, 0) is 37.4 Å². The molecule has 0 radical (unpaired) electrons. The molecule has 0 bridgehead atoms. The van der Waals surface area contributed by atoms with E-state index in [0.29, 0.717) is 12.3 Å². The zero-order valence-electron chi connectivity index (χ0n) is 12.2. The van der Waals surface area contributed by atoms with E-state index in [4.69, 9.17) is 5.11 Å². The number of carbonyl (C=O) groups excluding carboxylic acids is 1. The second kappa shape index (κ2) is 9.48. The van der Waals surface area contributed by atoms with E-state index in [-0.39, 0.29) is 18.7 Å². The van der Waals surface area contributed by atoms with Crippen molar-refractivity contribution in [3.63, 3.8) is 0 Å². The van der Waals surface area contributed by atoms with E-state index in [0.717, 1.165) is 18.2 Å². The van der Waals surface area contributed by atoms with Crippen LogP contribution < -0.4 is 10.6 Å². The van der Waals surface area contributed by atoms with E-state index in [9.17, 15) is 4.79 Å². The van der Waals surface area contributed by atoms with E-state index in [2.05, 4.69) is 17.6 Å². The number of thioether (sulfide) groups is 1. The summed E-state index contributed by atoms with van der Waals surface area (Å²) < 4.78 is 0. The van der Waals surface area contributed by atoms with Crippen LogP contribution in [-0.4, -0.2) is 42.3 Å². The van der Waals surface area contributed by atoms with Gasteiger partial charge in [0.1, 0.15) is 0 Å². The van der Waals surface area contributed by atoms with Crippen molar-refractivity contribution in [2.24, 2.45) is 11.8 Å². The summed E-state index contributed by atoms with van der Waals surface area (Å²) in [6, 6.07) is -0.0315. The van der Waals surface area contributed by atoms with Gasteiger partial charge in [0.2, 0.25) is 0 Å². The lowest BCUT2D eigenvalue weighted by atomic mass is 9.82. The zero-order chi connectivity index (χ0) is 14.1. The van der Waals surface area contributed by atoms with E-state index in [1.165, 1.54) is 25.7 Å². The van der Waals surface area contributed by atoms with Gasteiger partial charge in [-0.15, -0.1) is 0 Å². The van der Waals surface area contributed by atoms with Crippen molar-refractivity contribution >= 4 is 17.8 Å². The van der Waals surface area contributed by atoms with Crippen molar-refractivity contribution in [1.82, 2.24) is 10.6 Å². The third kappa shape index (κ3) is 7.06. The van der Waals surface area contributed by atoms with Crippen LogP contribution in [0.1, 0.15) is 39.0 Å². The first kappa shape index (κ1) is 16.6. The van der Waals surface area contributed by atoms with Gasteiger partial charge in [-0.1, -0.05) is 19.8 Å². The Morgan fingerprint density at radius 1 is 1.47 bits per heavy atom. The lowest BCUT2D eigenvalue weighted by molar-refractivity contribution is 0.223. The third-order valence-corrected chi connectivity index (χ3v) is 4.51. The molecule has 0 aliphatic heterocycles. The van der Waals surface area contributed by atoms with Crippen molar-refractivity contribution in [2.45, 2.75) is 45.1 Å². The normalized spacial score (nSPS) is 24.8. The van der Waals surface area contributed by atoms with Gasteiger partial charge in [-0.25, -0.2) is 4.79 Å². The number of nitrogens with one attached hydrogen (secondary N) is 2. The first-order valence-electron chi connectivity index (χ1n) is 7.29. The van der Waals surface area contributed by atoms with Crippen LogP contribution in [0.25, 0.3) is 0 Å². The number of hydrogen-bond donors (Lipinski definition) is 3. The molecule has 112 valence electrons. The maximum absolute atomic E-state index is 11.8. The van der Waals surface area contributed by atoms with Crippen LogP contribution in [0.4, 0.5) is 4.79 Å². The van der Waals surface area contributed by atoms with Gasteiger partial charge in [0.15, 0.2) is 0 Å². The van der Waals surface area contributed by atoms with E-state index < -0.39 is 0 Å². The summed E-state index contributed by atoms with van der Waals surface area (Å²) in [5.74, 6) is 2.27. The van der Waals surface area contributed by atoms with Crippen LogP contribution in [0, 0.1) is 11.8 Å².